The molecular weight excluding hydrogens is 194 g/mol. The van der Waals surface area contributed by atoms with E-state index in [1.807, 2.05) is 6.92 Å². The van der Waals surface area contributed by atoms with Crippen LogP contribution in [0.2, 0.25) is 0 Å². The summed E-state index contributed by atoms with van der Waals surface area (Å²) in [5.41, 5.74) is 1.44. The van der Waals surface area contributed by atoms with Crippen molar-refractivity contribution >= 4 is 17.7 Å². The lowest BCUT2D eigenvalue weighted by atomic mass is 10.0. The fraction of sp³-hybridized carbons (Fsp3) is 0.273. The molecule has 0 aliphatic carbocycles. The van der Waals surface area contributed by atoms with Crippen LogP contribution in [0.25, 0.3) is 0 Å². The van der Waals surface area contributed by atoms with Crippen molar-refractivity contribution in [1.29, 1.82) is 0 Å². The number of isocyanates is 1. The third-order valence-electron chi connectivity index (χ3n) is 2.07. The topological polar surface area (TPSA) is 55.7 Å². The molecule has 0 bridgehead atoms. The quantitative estimate of drug-likeness (QED) is 0.431. The highest BCUT2D eigenvalue weighted by Gasteiger charge is 2.15. The summed E-state index contributed by atoms with van der Waals surface area (Å²) < 4.78 is 4.64. The number of esters is 1. The normalized spacial score (nSPS) is 9.20. The van der Waals surface area contributed by atoms with Gasteiger partial charge in [0.15, 0.2) is 0 Å². The smallest absolute Gasteiger partial charge is 0.340 e. The molecule has 4 heteroatoms. The molecule has 0 heterocycles. The molecule has 0 aliphatic rings. The average molecular weight is 205 g/mol. The molecule has 1 aromatic rings. The van der Waals surface area contributed by atoms with E-state index in [-0.39, 0.29) is 0 Å². The number of aryl methyl sites for hydroxylation is 1. The van der Waals surface area contributed by atoms with E-state index >= 15 is 0 Å². The first-order valence-corrected chi connectivity index (χ1v) is 4.52. The summed E-state index contributed by atoms with van der Waals surface area (Å²) in [6.07, 6.45) is 2.10. The molecule has 0 aromatic heterocycles. The molecule has 1 rings (SSSR count). The molecule has 4 nitrogen and oxygen atoms in total. The number of methoxy groups -OCH3 is 1. The molecule has 0 radical (unpaired) electrons. The second kappa shape index (κ2) is 5.08. The number of ether oxygens (including phenoxy) is 1. The van der Waals surface area contributed by atoms with Crippen molar-refractivity contribution in [3.8, 4) is 0 Å². The first kappa shape index (κ1) is 11.1. The van der Waals surface area contributed by atoms with Crippen LogP contribution in [0, 0.1) is 0 Å². The monoisotopic (exact) mass is 205 g/mol. The van der Waals surface area contributed by atoms with Crippen LogP contribution >= 0.6 is 0 Å². The summed E-state index contributed by atoms with van der Waals surface area (Å²) in [7, 11) is 1.29. The number of carbonyl (C=O) groups is 1. The molecular formula is C11H11NO3. The summed E-state index contributed by atoms with van der Waals surface area (Å²) in [6, 6.07) is 5.12. The molecule has 15 heavy (non-hydrogen) atoms. The van der Waals surface area contributed by atoms with E-state index in [1.54, 1.807) is 18.2 Å². The fourth-order valence-corrected chi connectivity index (χ4v) is 1.36. The molecule has 0 N–H and O–H groups in total. The highest BCUT2D eigenvalue weighted by Crippen LogP contribution is 2.23. The van der Waals surface area contributed by atoms with Gasteiger partial charge in [-0.2, -0.15) is 4.99 Å². The van der Waals surface area contributed by atoms with Crippen molar-refractivity contribution in [1.82, 2.24) is 0 Å². The van der Waals surface area contributed by atoms with Gasteiger partial charge in [-0.25, -0.2) is 9.59 Å². The summed E-state index contributed by atoms with van der Waals surface area (Å²) in [6.45, 7) is 1.91. The number of carbonyl (C=O) groups excluding carboxylic acids is 2. The van der Waals surface area contributed by atoms with Gasteiger partial charge in [-0.15, -0.1) is 0 Å². The predicted molar refractivity (Wildman–Crippen MR) is 54.9 cm³/mol. The Balaban J connectivity index is 3.39. The Morgan fingerprint density at radius 1 is 1.53 bits per heavy atom. The number of benzene rings is 1. The number of hydrogen-bond acceptors (Lipinski definition) is 4. The van der Waals surface area contributed by atoms with Crippen LogP contribution < -0.4 is 0 Å². The summed E-state index contributed by atoms with van der Waals surface area (Å²) >= 11 is 0. The van der Waals surface area contributed by atoms with Crippen molar-refractivity contribution in [2.45, 2.75) is 13.3 Å². The third-order valence-corrected chi connectivity index (χ3v) is 2.07. The average Bonchev–Trinajstić information content (AvgIpc) is 2.28. The van der Waals surface area contributed by atoms with Crippen LogP contribution in [0.3, 0.4) is 0 Å². The fourth-order valence-electron chi connectivity index (χ4n) is 1.36. The van der Waals surface area contributed by atoms with E-state index in [2.05, 4.69) is 9.73 Å². The molecule has 0 unspecified atom stereocenters. The highest BCUT2D eigenvalue weighted by molar-refractivity contribution is 5.96. The number of aliphatic imine (C=N–C) groups is 1. The minimum absolute atomic E-state index is 0.302. The Morgan fingerprint density at radius 3 is 2.80 bits per heavy atom. The van der Waals surface area contributed by atoms with Gasteiger partial charge in [-0.05, 0) is 18.1 Å². The Kier molecular flexibility index (Phi) is 3.77. The molecule has 0 saturated heterocycles. The van der Waals surface area contributed by atoms with Crippen LogP contribution in [0.5, 0.6) is 0 Å². The van der Waals surface area contributed by atoms with Crippen LogP contribution in [0.1, 0.15) is 22.8 Å². The predicted octanol–water partition coefficient (Wildman–Crippen LogP) is 2.00. The molecule has 78 valence electrons. The Labute approximate surface area is 87.6 Å². The van der Waals surface area contributed by atoms with Gasteiger partial charge in [0.25, 0.3) is 0 Å². The summed E-state index contributed by atoms with van der Waals surface area (Å²) in [4.78, 5) is 25.1. The largest absolute Gasteiger partial charge is 0.465 e. The minimum atomic E-state index is -0.485. The molecule has 0 aliphatic heterocycles. The molecule has 0 spiro atoms. The van der Waals surface area contributed by atoms with Gasteiger partial charge < -0.3 is 4.74 Å². The zero-order valence-corrected chi connectivity index (χ0v) is 8.61. The van der Waals surface area contributed by atoms with Crippen molar-refractivity contribution in [3.05, 3.63) is 29.3 Å². The van der Waals surface area contributed by atoms with Gasteiger partial charge >= 0.3 is 5.97 Å². The lowest BCUT2D eigenvalue weighted by Crippen LogP contribution is -2.05. The van der Waals surface area contributed by atoms with Crippen molar-refractivity contribution in [2.75, 3.05) is 7.11 Å². The SMILES string of the molecule is CCc1cccc(N=C=O)c1C(=O)OC. The lowest BCUT2D eigenvalue weighted by molar-refractivity contribution is 0.0600. The molecule has 0 atom stereocenters. The van der Waals surface area contributed by atoms with Gasteiger partial charge in [-0.1, -0.05) is 19.1 Å². The van der Waals surface area contributed by atoms with E-state index < -0.39 is 5.97 Å². The van der Waals surface area contributed by atoms with Gasteiger partial charge in [-0.3, -0.25) is 0 Å². The number of rotatable bonds is 3. The Hall–Kier alpha value is -1.93. The molecule has 0 saturated carbocycles. The van der Waals surface area contributed by atoms with E-state index in [1.165, 1.54) is 13.2 Å². The molecule has 0 fully saturated rings. The van der Waals surface area contributed by atoms with Gasteiger partial charge in [0.05, 0.1) is 18.4 Å². The van der Waals surface area contributed by atoms with Crippen molar-refractivity contribution in [2.24, 2.45) is 4.99 Å². The maximum atomic E-state index is 11.5. The zero-order valence-electron chi connectivity index (χ0n) is 8.61. The third kappa shape index (κ3) is 2.30. The van der Waals surface area contributed by atoms with Crippen LogP contribution in [-0.4, -0.2) is 19.2 Å². The second-order valence-corrected chi connectivity index (χ2v) is 2.86. The van der Waals surface area contributed by atoms with Crippen LogP contribution in [0.15, 0.2) is 23.2 Å². The van der Waals surface area contributed by atoms with Crippen LogP contribution in [0.4, 0.5) is 5.69 Å². The van der Waals surface area contributed by atoms with Crippen molar-refractivity contribution in [3.63, 3.8) is 0 Å². The Morgan fingerprint density at radius 2 is 2.27 bits per heavy atom. The van der Waals surface area contributed by atoms with E-state index in [0.717, 1.165) is 5.56 Å². The van der Waals surface area contributed by atoms with Crippen molar-refractivity contribution < 1.29 is 14.3 Å². The van der Waals surface area contributed by atoms with E-state index in [4.69, 9.17) is 0 Å². The highest BCUT2D eigenvalue weighted by atomic mass is 16.5. The lowest BCUT2D eigenvalue weighted by Gasteiger charge is -2.07. The second-order valence-electron chi connectivity index (χ2n) is 2.86. The maximum absolute atomic E-state index is 11.5. The van der Waals surface area contributed by atoms with Crippen LogP contribution in [-0.2, 0) is 16.0 Å². The standard InChI is InChI=1S/C11H11NO3/c1-3-8-5-4-6-9(12-7-13)10(8)11(14)15-2/h4-6H,3H2,1-2H3. The first-order chi connectivity index (χ1) is 7.24. The maximum Gasteiger partial charge on any atom is 0.340 e. The number of hydrogen-bond donors (Lipinski definition) is 0. The number of nitrogens with zero attached hydrogens (tertiary/aromatic N) is 1. The molecule has 0 amide bonds. The Bertz CT molecular complexity index is 420. The van der Waals surface area contributed by atoms with E-state index in [9.17, 15) is 9.59 Å². The van der Waals surface area contributed by atoms with Gasteiger partial charge in [0.1, 0.15) is 0 Å². The molecule has 1 aromatic carbocycles. The zero-order chi connectivity index (χ0) is 11.3. The first-order valence-electron chi connectivity index (χ1n) is 4.52. The van der Waals surface area contributed by atoms with Gasteiger partial charge in [0, 0.05) is 0 Å². The summed E-state index contributed by atoms with van der Waals surface area (Å²) in [5, 5.41) is 0. The summed E-state index contributed by atoms with van der Waals surface area (Å²) in [5.74, 6) is -0.485. The minimum Gasteiger partial charge on any atom is -0.465 e. The van der Waals surface area contributed by atoms with Gasteiger partial charge in [0.2, 0.25) is 6.08 Å². The van der Waals surface area contributed by atoms with E-state index in [0.29, 0.717) is 17.7 Å².